The van der Waals surface area contributed by atoms with E-state index < -0.39 is 26.5 Å². The standard InChI is InChI=1S/C38H70NO8P/c1-4-6-8-10-12-14-16-18-20-22-24-37(40)44-32-36(47-38(41)25-23-21-19-17-15-13-11-9-7-5-2)33-46-48(42,43)45-31-30-39-35-28-26-34(3)27-29-35/h9-12,34-36,39H,4-8,13-33H2,1-3H3,(H,42,43)/b11-9-,12-10+. The van der Waals surface area contributed by atoms with E-state index in [1.807, 2.05) is 0 Å². The summed E-state index contributed by atoms with van der Waals surface area (Å²) in [6.45, 7) is 6.44. The number of unbranched alkanes of at least 4 members (excludes halogenated alkanes) is 12. The van der Waals surface area contributed by atoms with Crippen LogP contribution in [0.15, 0.2) is 24.3 Å². The number of carbonyl (C=O) groups is 2. The first kappa shape index (κ1) is 44.5. The number of hydrogen-bond donors (Lipinski definition) is 2. The minimum absolute atomic E-state index is 0.0173. The molecule has 0 amide bonds. The summed E-state index contributed by atoms with van der Waals surface area (Å²) in [5.74, 6) is -0.0747. The molecular weight excluding hydrogens is 629 g/mol. The van der Waals surface area contributed by atoms with Crippen LogP contribution in [0, 0.1) is 5.92 Å². The Hall–Kier alpha value is -1.51. The SMILES string of the molecule is CCC/C=C\CCCCCCCC(=O)OC(COC(=O)CCCCCC/C=C/CCCC)COP(=O)(O)OCCNC1CCC(C)CC1. The van der Waals surface area contributed by atoms with Gasteiger partial charge in [0.2, 0.25) is 0 Å². The van der Waals surface area contributed by atoms with Gasteiger partial charge in [-0.2, -0.15) is 0 Å². The van der Waals surface area contributed by atoms with Crippen molar-refractivity contribution in [1.82, 2.24) is 5.32 Å². The molecule has 0 aromatic heterocycles. The molecule has 2 unspecified atom stereocenters. The van der Waals surface area contributed by atoms with Gasteiger partial charge in [-0.15, -0.1) is 0 Å². The molecule has 1 aliphatic carbocycles. The highest BCUT2D eigenvalue weighted by Gasteiger charge is 2.26. The first-order chi connectivity index (χ1) is 23.3. The number of ether oxygens (including phenoxy) is 2. The lowest BCUT2D eigenvalue weighted by atomic mass is 9.87. The first-order valence-corrected chi connectivity index (χ1v) is 20.8. The highest BCUT2D eigenvalue weighted by atomic mass is 31.2. The fourth-order valence-electron chi connectivity index (χ4n) is 5.63. The highest BCUT2D eigenvalue weighted by Crippen LogP contribution is 2.43. The Morgan fingerprint density at radius 3 is 1.92 bits per heavy atom. The maximum absolute atomic E-state index is 12.6. The second-order valence-corrected chi connectivity index (χ2v) is 14.9. The summed E-state index contributed by atoms with van der Waals surface area (Å²) >= 11 is 0. The molecule has 280 valence electrons. The molecule has 1 rings (SSSR count). The molecule has 1 aliphatic rings. The minimum atomic E-state index is -4.38. The van der Waals surface area contributed by atoms with Gasteiger partial charge in [0.05, 0.1) is 13.2 Å². The Morgan fingerprint density at radius 1 is 0.729 bits per heavy atom. The lowest BCUT2D eigenvalue weighted by molar-refractivity contribution is -0.161. The van der Waals surface area contributed by atoms with Gasteiger partial charge in [-0.05, 0) is 83.0 Å². The monoisotopic (exact) mass is 699 g/mol. The summed E-state index contributed by atoms with van der Waals surface area (Å²) in [5, 5.41) is 3.38. The van der Waals surface area contributed by atoms with Crippen LogP contribution in [0.5, 0.6) is 0 Å². The largest absolute Gasteiger partial charge is 0.472 e. The number of phosphoric acid groups is 1. The number of allylic oxidation sites excluding steroid dienone is 4. The van der Waals surface area contributed by atoms with Crippen LogP contribution < -0.4 is 5.32 Å². The van der Waals surface area contributed by atoms with E-state index in [2.05, 4.69) is 50.4 Å². The zero-order valence-corrected chi connectivity index (χ0v) is 31.6. The lowest BCUT2D eigenvalue weighted by Crippen LogP contribution is -2.34. The number of hydrogen-bond acceptors (Lipinski definition) is 8. The van der Waals surface area contributed by atoms with Gasteiger partial charge in [-0.1, -0.05) is 96.4 Å². The summed E-state index contributed by atoms with van der Waals surface area (Å²) in [6.07, 6.45) is 29.8. The number of phosphoric ester groups is 1. The molecule has 0 aliphatic heterocycles. The second-order valence-electron chi connectivity index (χ2n) is 13.4. The first-order valence-electron chi connectivity index (χ1n) is 19.3. The van der Waals surface area contributed by atoms with Crippen molar-refractivity contribution in [3.05, 3.63) is 24.3 Å². The molecule has 2 N–H and O–H groups in total. The molecule has 0 spiro atoms. The molecule has 0 radical (unpaired) electrons. The van der Waals surface area contributed by atoms with Crippen LogP contribution in [-0.4, -0.2) is 55.3 Å². The van der Waals surface area contributed by atoms with E-state index >= 15 is 0 Å². The number of esters is 2. The average molecular weight is 700 g/mol. The number of nitrogens with one attached hydrogen (secondary N) is 1. The van der Waals surface area contributed by atoms with Crippen molar-refractivity contribution in [2.45, 2.75) is 174 Å². The van der Waals surface area contributed by atoms with Crippen LogP contribution >= 0.6 is 7.82 Å². The molecule has 2 atom stereocenters. The van der Waals surface area contributed by atoms with Gasteiger partial charge in [-0.25, -0.2) is 4.57 Å². The van der Waals surface area contributed by atoms with Crippen molar-refractivity contribution in [1.29, 1.82) is 0 Å². The summed E-state index contributed by atoms with van der Waals surface area (Å²) in [7, 11) is -4.38. The van der Waals surface area contributed by atoms with Crippen LogP contribution in [0.2, 0.25) is 0 Å². The van der Waals surface area contributed by atoms with Gasteiger partial charge in [0.1, 0.15) is 6.61 Å². The molecule has 10 heteroatoms. The van der Waals surface area contributed by atoms with Gasteiger partial charge in [0.15, 0.2) is 6.10 Å². The Labute approximate surface area is 293 Å². The maximum atomic E-state index is 12.6. The number of rotatable bonds is 31. The number of carbonyl (C=O) groups excluding carboxylic acids is 2. The molecular formula is C38H70NO8P. The fourth-order valence-corrected chi connectivity index (χ4v) is 6.38. The Morgan fingerprint density at radius 2 is 1.29 bits per heavy atom. The predicted octanol–water partition coefficient (Wildman–Crippen LogP) is 9.92. The molecule has 1 saturated carbocycles. The van der Waals surface area contributed by atoms with E-state index in [0.717, 1.165) is 95.8 Å². The van der Waals surface area contributed by atoms with E-state index in [1.54, 1.807) is 0 Å². The van der Waals surface area contributed by atoms with Crippen LogP contribution in [0.1, 0.15) is 162 Å². The Balaban J connectivity index is 2.41. The maximum Gasteiger partial charge on any atom is 0.472 e. The van der Waals surface area contributed by atoms with Crippen molar-refractivity contribution < 1.29 is 37.6 Å². The van der Waals surface area contributed by atoms with E-state index in [1.165, 1.54) is 32.1 Å². The smallest absolute Gasteiger partial charge is 0.462 e. The summed E-state index contributed by atoms with van der Waals surface area (Å²) in [4.78, 5) is 35.3. The highest BCUT2D eigenvalue weighted by molar-refractivity contribution is 7.47. The molecule has 0 bridgehead atoms. The van der Waals surface area contributed by atoms with Crippen molar-refractivity contribution in [3.63, 3.8) is 0 Å². The molecule has 0 heterocycles. The van der Waals surface area contributed by atoms with Gasteiger partial charge in [0.25, 0.3) is 0 Å². The molecule has 1 fully saturated rings. The van der Waals surface area contributed by atoms with Crippen LogP contribution in [-0.2, 0) is 32.7 Å². The molecule has 0 saturated heterocycles. The molecule has 0 aromatic rings. The van der Waals surface area contributed by atoms with Crippen molar-refractivity contribution in [2.75, 3.05) is 26.4 Å². The average Bonchev–Trinajstić information content (AvgIpc) is 3.07. The Kier molecular flexibility index (Phi) is 28.1. The molecule has 48 heavy (non-hydrogen) atoms. The van der Waals surface area contributed by atoms with Gasteiger partial charge < -0.3 is 19.7 Å². The quantitative estimate of drug-likeness (QED) is 0.0315. The summed E-state index contributed by atoms with van der Waals surface area (Å²) in [6, 6.07) is 0.396. The van der Waals surface area contributed by atoms with Crippen LogP contribution in [0.4, 0.5) is 0 Å². The minimum Gasteiger partial charge on any atom is -0.462 e. The van der Waals surface area contributed by atoms with Crippen molar-refractivity contribution in [3.8, 4) is 0 Å². The Bertz CT molecular complexity index is 903. The zero-order chi connectivity index (χ0) is 35.1. The van der Waals surface area contributed by atoms with E-state index in [0.29, 0.717) is 19.0 Å². The van der Waals surface area contributed by atoms with Gasteiger partial charge in [-0.3, -0.25) is 18.6 Å². The van der Waals surface area contributed by atoms with Crippen molar-refractivity contribution in [2.24, 2.45) is 5.92 Å². The third-order valence-corrected chi connectivity index (χ3v) is 9.71. The molecule has 9 nitrogen and oxygen atoms in total. The fraction of sp³-hybridized carbons (Fsp3) is 0.842. The normalized spacial score (nSPS) is 18.7. The molecule has 0 aromatic carbocycles. The van der Waals surface area contributed by atoms with Crippen LogP contribution in [0.25, 0.3) is 0 Å². The topological polar surface area (TPSA) is 120 Å². The zero-order valence-electron chi connectivity index (χ0n) is 30.7. The van der Waals surface area contributed by atoms with E-state index in [-0.39, 0.29) is 32.0 Å². The van der Waals surface area contributed by atoms with E-state index in [9.17, 15) is 19.0 Å². The third kappa shape index (κ3) is 27.3. The second kappa shape index (κ2) is 30.3. The lowest BCUT2D eigenvalue weighted by Gasteiger charge is -2.27. The van der Waals surface area contributed by atoms with Crippen molar-refractivity contribution >= 4 is 19.8 Å². The van der Waals surface area contributed by atoms with Gasteiger partial charge >= 0.3 is 19.8 Å². The third-order valence-electron chi connectivity index (χ3n) is 8.72. The van der Waals surface area contributed by atoms with Crippen LogP contribution in [0.3, 0.4) is 0 Å². The summed E-state index contributed by atoms with van der Waals surface area (Å²) in [5.41, 5.74) is 0. The predicted molar refractivity (Wildman–Crippen MR) is 195 cm³/mol. The van der Waals surface area contributed by atoms with Gasteiger partial charge in [0, 0.05) is 25.4 Å². The summed E-state index contributed by atoms with van der Waals surface area (Å²) < 4.78 is 33.8. The van der Waals surface area contributed by atoms with E-state index in [4.69, 9.17) is 18.5 Å².